The summed E-state index contributed by atoms with van der Waals surface area (Å²) in [7, 11) is 0. The highest BCUT2D eigenvalue weighted by Gasteiger charge is 2.26. The number of halogens is 2. The quantitative estimate of drug-likeness (QED) is 0.916. The van der Waals surface area contributed by atoms with Crippen LogP contribution in [0.1, 0.15) is 22.3 Å². The maximum atomic E-state index is 12.4. The molecule has 1 unspecified atom stereocenters. The number of carbonyl (C=O) groups excluding carboxylic acids is 1. The summed E-state index contributed by atoms with van der Waals surface area (Å²) in [5.74, 6) is 0.448. The Labute approximate surface area is 146 Å². The molecule has 1 amide bonds. The van der Waals surface area contributed by atoms with E-state index >= 15 is 0 Å². The molecule has 1 aromatic heterocycles. The molecule has 23 heavy (non-hydrogen) atoms. The van der Waals surface area contributed by atoms with E-state index < -0.39 is 0 Å². The van der Waals surface area contributed by atoms with Gasteiger partial charge in [0.25, 0.3) is 5.91 Å². The Kier molecular flexibility index (Phi) is 6.04. The maximum Gasteiger partial charge on any atom is 0.257 e. The van der Waals surface area contributed by atoms with E-state index in [0.29, 0.717) is 29.6 Å². The van der Waals surface area contributed by atoms with Gasteiger partial charge in [0.05, 0.1) is 18.3 Å². The largest absolute Gasteiger partial charge is 0.338 e. The van der Waals surface area contributed by atoms with E-state index in [2.05, 4.69) is 5.10 Å². The third-order valence-corrected chi connectivity index (χ3v) is 4.45. The number of benzene rings is 1. The number of nitrogens with zero attached hydrogens (tertiary/aromatic N) is 3. The molecule has 2 N–H and O–H groups in total. The lowest BCUT2D eigenvalue weighted by Crippen LogP contribution is -2.29. The Balaban J connectivity index is 0.00000192. The highest BCUT2D eigenvalue weighted by molar-refractivity contribution is 6.31. The maximum absolute atomic E-state index is 12.4. The Hall–Kier alpha value is -1.56. The third-order valence-electron chi connectivity index (χ3n) is 4.08. The number of aromatic nitrogens is 2. The lowest BCUT2D eigenvalue weighted by Gasteiger charge is -2.14. The fourth-order valence-corrected chi connectivity index (χ4v) is 2.95. The van der Waals surface area contributed by atoms with Gasteiger partial charge in [0.15, 0.2) is 0 Å². The lowest BCUT2D eigenvalue weighted by atomic mass is 10.1. The van der Waals surface area contributed by atoms with Crippen molar-refractivity contribution in [3.8, 4) is 0 Å². The molecule has 2 aromatic rings. The molecular formula is C16H20Cl2N4O. The van der Waals surface area contributed by atoms with Crippen molar-refractivity contribution in [1.29, 1.82) is 0 Å². The molecule has 0 spiro atoms. The first kappa shape index (κ1) is 17.8. The fraction of sp³-hybridized carbons (Fsp3) is 0.375. The van der Waals surface area contributed by atoms with Crippen LogP contribution in [0.4, 0.5) is 0 Å². The van der Waals surface area contributed by atoms with Gasteiger partial charge in [0.2, 0.25) is 0 Å². The predicted molar refractivity (Wildman–Crippen MR) is 93.1 cm³/mol. The second-order valence-corrected chi connectivity index (χ2v) is 6.07. The van der Waals surface area contributed by atoms with Gasteiger partial charge in [-0.2, -0.15) is 5.10 Å². The molecule has 1 atom stereocenters. The molecule has 0 bridgehead atoms. The number of hydrogen-bond donors (Lipinski definition) is 1. The van der Waals surface area contributed by atoms with Gasteiger partial charge in [0, 0.05) is 24.3 Å². The highest BCUT2D eigenvalue weighted by atomic mass is 35.5. The molecule has 1 saturated heterocycles. The molecule has 1 fully saturated rings. The van der Waals surface area contributed by atoms with Crippen molar-refractivity contribution in [3.63, 3.8) is 0 Å². The Morgan fingerprint density at radius 3 is 2.87 bits per heavy atom. The molecule has 124 valence electrons. The van der Waals surface area contributed by atoms with E-state index in [1.807, 2.05) is 29.2 Å². The van der Waals surface area contributed by atoms with Crippen LogP contribution in [-0.2, 0) is 6.54 Å². The zero-order valence-corrected chi connectivity index (χ0v) is 14.3. The molecule has 0 saturated carbocycles. The minimum absolute atomic E-state index is 0. The first-order valence-corrected chi connectivity index (χ1v) is 7.80. The molecule has 1 aromatic carbocycles. The Morgan fingerprint density at radius 2 is 2.17 bits per heavy atom. The molecule has 3 rings (SSSR count). The van der Waals surface area contributed by atoms with Crippen molar-refractivity contribution in [1.82, 2.24) is 14.7 Å². The van der Waals surface area contributed by atoms with E-state index in [1.54, 1.807) is 17.1 Å². The van der Waals surface area contributed by atoms with Crippen LogP contribution < -0.4 is 5.73 Å². The van der Waals surface area contributed by atoms with Crippen molar-refractivity contribution < 1.29 is 4.79 Å². The smallest absolute Gasteiger partial charge is 0.257 e. The summed E-state index contributed by atoms with van der Waals surface area (Å²) < 4.78 is 1.74. The van der Waals surface area contributed by atoms with Crippen LogP contribution in [0.25, 0.3) is 0 Å². The minimum atomic E-state index is 0. The molecule has 1 aliphatic heterocycles. The van der Waals surface area contributed by atoms with Crippen LogP contribution in [0.5, 0.6) is 0 Å². The number of likely N-dealkylation sites (tertiary alicyclic amines) is 1. The van der Waals surface area contributed by atoms with Crippen LogP contribution in [-0.4, -0.2) is 40.2 Å². The summed E-state index contributed by atoms with van der Waals surface area (Å²) in [4.78, 5) is 14.3. The summed E-state index contributed by atoms with van der Waals surface area (Å²) >= 11 is 6.15. The number of amides is 1. The van der Waals surface area contributed by atoms with Gasteiger partial charge < -0.3 is 10.6 Å². The van der Waals surface area contributed by atoms with Crippen molar-refractivity contribution in [2.45, 2.75) is 13.0 Å². The standard InChI is InChI=1S/C16H19ClN4O.ClH/c17-15-4-2-1-3-13(15)10-21-11-14(8-19-21)16(22)20-6-5-12(7-18)9-20;/h1-4,8,11-12H,5-7,9-10,18H2;1H. The van der Waals surface area contributed by atoms with Crippen LogP contribution in [0.2, 0.25) is 5.02 Å². The SMILES string of the molecule is Cl.NCC1CCN(C(=O)c2cnn(Cc3ccccc3Cl)c2)C1. The minimum Gasteiger partial charge on any atom is -0.338 e. The fourth-order valence-electron chi connectivity index (χ4n) is 2.75. The van der Waals surface area contributed by atoms with Crippen molar-refractivity contribution in [3.05, 3.63) is 52.8 Å². The topological polar surface area (TPSA) is 64.2 Å². The number of nitrogens with two attached hydrogens (primary N) is 1. The number of rotatable bonds is 4. The van der Waals surface area contributed by atoms with Gasteiger partial charge in [-0.05, 0) is 30.5 Å². The normalized spacial score (nSPS) is 17.1. The van der Waals surface area contributed by atoms with Gasteiger partial charge >= 0.3 is 0 Å². The van der Waals surface area contributed by atoms with Crippen molar-refractivity contribution in [2.24, 2.45) is 11.7 Å². The van der Waals surface area contributed by atoms with Gasteiger partial charge in [0.1, 0.15) is 0 Å². The molecule has 1 aliphatic rings. The Bertz CT molecular complexity index is 674. The molecule has 5 nitrogen and oxygen atoms in total. The van der Waals surface area contributed by atoms with Crippen molar-refractivity contribution in [2.75, 3.05) is 19.6 Å². The summed E-state index contributed by atoms with van der Waals surface area (Å²) in [6.07, 6.45) is 4.38. The van der Waals surface area contributed by atoms with Crippen molar-refractivity contribution >= 4 is 29.9 Å². The second-order valence-electron chi connectivity index (χ2n) is 5.66. The van der Waals surface area contributed by atoms with E-state index in [0.717, 1.165) is 25.1 Å². The van der Waals surface area contributed by atoms with E-state index in [4.69, 9.17) is 17.3 Å². The third kappa shape index (κ3) is 4.05. The van der Waals surface area contributed by atoms with Gasteiger partial charge in [-0.1, -0.05) is 29.8 Å². The summed E-state index contributed by atoms with van der Waals surface area (Å²) in [6, 6.07) is 7.64. The molecule has 7 heteroatoms. The first-order chi connectivity index (χ1) is 10.7. The zero-order valence-electron chi connectivity index (χ0n) is 12.7. The first-order valence-electron chi connectivity index (χ1n) is 7.42. The zero-order chi connectivity index (χ0) is 15.5. The molecule has 2 heterocycles. The van der Waals surface area contributed by atoms with E-state index in [9.17, 15) is 4.79 Å². The summed E-state index contributed by atoms with van der Waals surface area (Å²) in [6.45, 7) is 2.70. The predicted octanol–water partition coefficient (Wildman–Crippen LogP) is 2.43. The van der Waals surface area contributed by atoms with Crippen LogP contribution in [0.3, 0.4) is 0 Å². The summed E-state index contributed by atoms with van der Waals surface area (Å²) in [5.41, 5.74) is 7.27. The van der Waals surface area contributed by atoms with Gasteiger partial charge in [-0.25, -0.2) is 0 Å². The van der Waals surface area contributed by atoms with Crippen LogP contribution in [0, 0.1) is 5.92 Å². The molecular weight excluding hydrogens is 335 g/mol. The highest BCUT2D eigenvalue weighted by Crippen LogP contribution is 2.19. The van der Waals surface area contributed by atoms with Crippen LogP contribution in [0.15, 0.2) is 36.7 Å². The Morgan fingerprint density at radius 1 is 1.39 bits per heavy atom. The lowest BCUT2D eigenvalue weighted by molar-refractivity contribution is 0.0787. The van der Waals surface area contributed by atoms with Gasteiger partial charge in [-0.3, -0.25) is 9.48 Å². The second kappa shape index (κ2) is 7.81. The molecule has 0 aliphatic carbocycles. The van der Waals surface area contributed by atoms with Gasteiger partial charge in [-0.15, -0.1) is 12.4 Å². The average Bonchev–Trinajstić information content (AvgIpc) is 3.18. The monoisotopic (exact) mass is 354 g/mol. The number of hydrogen-bond acceptors (Lipinski definition) is 3. The average molecular weight is 355 g/mol. The summed E-state index contributed by atoms with van der Waals surface area (Å²) in [5, 5.41) is 4.97. The van der Waals surface area contributed by atoms with E-state index in [1.165, 1.54) is 0 Å². The number of carbonyl (C=O) groups is 1. The van der Waals surface area contributed by atoms with Crippen LogP contribution >= 0.6 is 24.0 Å². The van der Waals surface area contributed by atoms with E-state index in [-0.39, 0.29) is 18.3 Å². The molecule has 0 radical (unpaired) electrons.